The minimum atomic E-state index is 0.356. The average molecular weight is 311 g/mol. The second-order valence-corrected chi connectivity index (χ2v) is 7.54. The number of anilines is 1. The van der Waals surface area contributed by atoms with E-state index >= 15 is 0 Å². The van der Waals surface area contributed by atoms with Gasteiger partial charge in [0.1, 0.15) is 0 Å². The molecular formula is C16H30N4S. The fraction of sp³-hybridized carbons (Fsp3) is 0.812. The first-order chi connectivity index (χ1) is 10.0. The monoisotopic (exact) mass is 310 g/mol. The minimum Gasteiger partial charge on any atom is -0.349 e. The Morgan fingerprint density at radius 2 is 2.00 bits per heavy atom. The predicted molar refractivity (Wildman–Crippen MR) is 92.4 cm³/mol. The van der Waals surface area contributed by atoms with Gasteiger partial charge in [-0.2, -0.15) is 0 Å². The first-order valence-corrected chi connectivity index (χ1v) is 8.86. The molecule has 0 radical (unpaired) electrons. The Morgan fingerprint density at radius 1 is 1.29 bits per heavy atom. The molecule has 21 heavy (non-hydrogen) atoms. The Labute approximate surface area is 133 Å². The number of hydrogen-bond donors (Lipinski definition) is 1. The van der Waals surface area contributed by atoms with Gasteiger partial charge in [-0.05, 0) is 46.8 Å². The third kappa shape index (κ3) is 3.58. The van der Waals surface area contributed by atoms with Gasteiger partial charge in [-0.15, -0.1) is 11.3 Å². The molecule has 0 atom stereocenters. The van der Waals surface area contributed by atoms with Gasteiger partial charge in [0.2, 0.25) is 0 Å². The lowest BCUT2D eigenvalue weighted by Crippen LogP contribution is -2.56. The standard InChI is InChI=1S/C16H30N4S/c1-6-8-13-14(11-17-2)21-15(18-13)20(5)12-16(19(3)4)9-7-10-16/h17H,6-12H2,1-5H3. The van der Waals surface area contributed by atoms with Crippen molar-refractivity contribution in [3.8, 4) is 0 Å². The van der Waals surface area contributed by atoms with Crippen molar-refractivity contribution in [1.82, 2.24) is 15.2 Å². The van der Waals surface area contributed by atoms with Crippen LogP contribution in [-0.2, 0) is 13.0 Å². The normalized spacial score (nSPS) is 17.0. The third-order valence-electron chi connectivity index (χ3n) is 4.68. The SMILES string of the molecule is CCCc1nc(N(C)CC2(N(C)C)CCC2)sc1CNC. The second-order valence-electron chi connectivity index (χ2n) is 6.48. The molecule has 1 heterocycles. The molecule has 1 aliphatic rings. The first-order valence-electron chi connectivity index (χ1n) is 8.04. The Hall–Kier alpha value is -0.650. The highest BCUT2D eigenvalue weighted by Crippen LogP contribution is 2.38. The van der Waals surface area contributed by atoms with Crippen LogP contribution in [0.25, 0.3) is 0 Å². The van der Waals surface area contributed by atoms with Crippen LogP contribution in [0.15, 0.2) is 0 Å². The van der Waals surface area contributed by atoms with E-state index in [-0.39, 0.29) is 0 Å². The Bertz CT molecular complexity index is 428. The van der Waals surface area contributed by atoms with E-state index in [1.807, 2.05) is 18.4 Å². The van der Waals surface area contributed by atoms with E-state index in [4.69, 9.17) is 4.98 Å². The summed E-state index contributed by atoms with van der Waals surface area (Å²) in [5.74, 6) is 0. The molecule has 120 valence electrons. The van der Waals surface area contributed by atoms with E-state index in [1.54, 1.807) is 0 Å². The summed E-state index contributed by atoms with van der Waals surface area (Å²) in [6.07, 6.45) is 6.21. The van der Waals surface area contributed by atoms with Crippen molar-refractivity contribution in [3.05, 3.63) is 10.6 Å². The van der Waals surface area contributed by atoms with Gasteiger partial charge in [0.15, 0.2) is 5.13 Å². The average Bonchev–Trinajstić information content (AvgIpc) is 2.77. The van der Waals surface area contributed by atoms with Crippen LogP contribution in [0.5, 0.6) is 0 Å². The van der Waals surface area contributed by atoms with Crippen molar-refractivity contribution in [3.63, 3.8) is 0 Å². The fourth-order valence-corrected chi connectivity index (χ4v) is 4.18. The fourth-order valence-electron chi connectivity index (χ4n) is 3.10. The van der Waals surface area contributed by atoms with Crippen LogP contribution >= 0.6 is 11.3 Å². The van der Waals surface area contributed by atoms with Crippen molar-refractivity contribution in [2.24, 2.45) is 0 Å². The van der Waals surface area contributed by atoms with Crippen LogP contribution in [-0.4, -0.2) is 50.2 Å². The van der Waals surface area contributed by atoms with Crippen molar-refractivity contribution < 1.29 is 0 Å². The van der Waals surface area contributed by atoms with Crippen molar-refractivity contribution in [2.45, 2.75) is 51.1 Å². The maximum Gasteiger partial charge on any atom is 0.185 e. The molecule has 0 aliphatic heterocycles. The number of hydrogen-bond acceptors (Lipinski definition) is 5. The molecule has 4 nitrogen and oxygen atoms in total. The molecule has 0 saturated heterocycles. The van der Waals surface area contributed by atoms with Crippen molar-refractivity contribution >= 4 is 16.5 Å². The maximum absolute atomic E-state index is 4.91. The van der Waals surface area contributed by atoms with Crippen molar-refractivity contribution in [1.29, 1.82) is 0 Å². The van der Waals surface area contributed by atoms with E-state index in [1.165, 1.54) is 35.0 Å². The second kappa shape index (κ2) is 7.07. The van der Waals surface area contributed by atoms with Crippen LogP contribution in [0.1, 0.15) is 43.2 Å². The van der Waals surface area contributed by atoms with Gasteiger partial charge in [-0.1, -0.05) is 13.3 Å². The molecule has 0 spiro atoms. The van der Waals surface area contributed by atoms with E-state index in [0.29, 0.717) is 5.54 Å². The molecule has 0 aromatic carbocycles. The molecular weight excluding hydrogens is 280 g/mol. The van der Waals surface area contributed by atoms with Gasteiger partial charge < -0.3 is 15.1 Å². The lowest BCUT2D eigenvalue weighted by atomic mass is 9.75. The highest BCUT2D eigenvalue weighted by Gasteiger charge is 2.40. The predicted octanol–water partition coefficient (Wildman–Crippen LogP) is 2.74. The van der Waals surface area contributed by atoms with E-state index in [0.717, 1.165) is 25.9 Å². The number of nitrogens with zero attached hydrogens (tertiary/aromatic N) is 3. The highest BCUT2D eigenvalue weighted by molar-refractivity contribution is 7.15. The van der Waals surface area contributed by atoms with E-state index < -0.39 is 0 Å². The topological polar surface area (TPSA) is 31.4 Å². The van der Waals surface area contributed by atoms with Crippen LogP contribution in [0, 0.1) is 0 Å². The molecule has 1 aromatic heterocycles. The molecule has 0 unspecified atom stereocenters. The summed E-state index contributed by atoms with van der Waals surface area (Å²) in [7, 11) is 8.63. The summed E-state index contributed by atoms with van der Waals surface area (Å²) in [5.41, 5.74) is 1.64. The molecule has 2 rings (SSSR count). The number of thiazole rings is 1. The molecule has 1 N–H and O–H groups in total. The van der Waals surface area contributed by atoms with Gasteiger partial charge in [-0.3, -0.25) is 0 Å². The highest BCUT2D eigenvalue weighted by atomic mass is 32.1. The molecule has 5 heteroatoms. The smallest absolute Gasteiger partial charge is 0.185 e. The summed E-state index contributed by atoms with van der Waals surface area (Å²) < 4.78 is 0. The lowest BCUT2D eigenvalue weighted by molar-refractivity contribution is 0.0683. The van der Waals surface area contributed by atoms with Gasteiger partial charge >= 0.3 is 0 Å². The van der Waals surface area contributed by atoms with Crippen LogP contribution in [0.4, 0.5) is 5.13 Å². The largest absolute Gasteiger partial charge is 0.349 e. The first kappa shape index (κ1) is 16.7. The molecule has 1 aliphatic carbocycles. The summed E-state index contributed by atoms with van der Waals surface area (Å²) >= 11 is 1.85. The Kier molecular flexibility index (Phi) is 5.63. The van der Waals surface area contributed by atoms with Gasteiger partial charge in [0.05, 0.1) is 5.69 Å². The van der Waals surface area contributed by atoms with Crippen LogP contribution in [0.2, 0.25) is 0 Å². The lowest BCUT2D eigenvalue weighted by Gasteiger charge is -2.49. The molecule has 1 saturated carbocycles. The molecule has 1 fully saturated rings. The van der Waals surface area contributed by atoms with Crippen LogP contribution in [0.3, 0.4) is 0 Å². The summed E-state index contributed by atoms with van der Waals surface area (Å²) in [4.78, 5) is 11.1. The maximum atomic E-state index is 4.91. The third-order valence-corrected chi connectivity index (χ3v) is 5.89. The zero-order valence-electron chi connectivity index (χ0n) is 14.2. The van der Waals surface area contributed by atoms with Gasteiger partial charge in [-0.25, -0.2) is 4.98 Å². The quantitative estimate of drug-likeness (QED) is 0.800. The number of likely N-dealkylation sites (N-methyl/N-ethyl adjacent to an activating group) is 2. The molecule has 0 amide bonds. The zero-order valence-corrected chi connectivity index (χ0v) is 15.0. The van der Waals surface area contributed by atoms with E-state index in [2.05, 4.69) is 43.2 Å². The Balaban J connectivity index is 2.11. The summed E-state index contributed by atoms with van der Waals surface area (Å²) in [6, 6.07) is 0. The Morgan fingerprint density at radius 3 is 2.48 bits per heavy atom. The van der Waals surface area contributed by atoms with E-state index in [9.17, 15) is 0 Å². The summed E-state index contributed by atoms with van der Waals surface area (Å²) in [5, 5.41) is 4.45. The van der Waals surface area contributed by atoms with Gasteiger partial charge in [0, 0.05) is 30.6 Å². The zero-order chi connectivity index (χ0) is 15.5. The van der Waals surface area contributed by atoms with Crippen LogP contribution < -0.4 is 10.2 Å². The number of nitrogens with one attached hydrogen (secondary N) is 1. The molecule has 1 aromatic rings. The van der Waals surface area contributed by atoms with Crippen molar-refractivity contribution in [2.75, 3.05) is 39.6 Å². The minimum absolute atomic E-state index is 0.356. The number of rotatable bonds is 8. The summed E-state index contributed by atoms with van der Waals surface area (Å²) in [6.45, 7) is 4.24. The number of aryl methyl sites for hydroxylation is 1. The molecule has 0 bridgehead atoms. The van der Waals surface area contributed by atoms with Gasteiger partial charge in [0.25, 0.3) is 0 Å². The number of aromatic nitrogens is 1.